The molecule has 6 nitrogen and oxygen atoms in total. The minimum Gasteiger partial charge on any atom is -0.484 e. The van der Waals surface area contributed by atoms with Crippen molar-refractivity contribution in [2.45, 2.75) is 6.92 Å². The topological polar surface area (TPSA) is 77.0 Å². The molecule has 0 spiro atoms. The van der Waals surface area contributed by atoms with Crippen molar-refractivity contribution >= 4 is 50.0 Å². The molecule has 0 saturated carbocycles. The van der Waals surface area contributed by atoms with Gasteiger partial charge in [0.05, 0.1) is 11.8 Å². The minimum atomic E-state index is -0.500. The lowest BCUT2D eigenvalue weighted by atomic mass is 10.2. The van der Waals surface area contributed by atoms with E-state index in [0.29, 0.717) is 22.6 Å². The predicted molar refractivity (Wildman–Crippen MR) is 126 cm³/mol. The first-order valence-corrected chi connectivity index (χ1v) is 10.8. The number of carbonyl (C=O) groups is 2. The van der Waals surface area contributed by atoms with E-state index >= 15 is 0 Å². The molecule has 31 heavy (non-hydrogen) atoms. The van der Waals surface area contributed by atoms with Crippen LogP contribution >= 0.6 is 31.9 Å². The lowest BCUT2D eigenvalue weighted by Crippen LogP contribution is -2.24. The number of aryl methyl sites for hydroxylation is 1. The molecule has 3 rings (SSSR count). The largest absolute Gasteiger partial charge is 0.484 e. The second-order valence-corrected chi connectivity index (χ2v) is 8.30. The van der Waals surface area contributed by atoms with Crippen molar-refractivity contribution in [2.24, 2.45) is 5.10 Å². The molecule has 0 atom stereocenters. The van der Waals surface area contributed by atoms with Gasteiger partial charge in [-0.3, -0.25) is 4.79 Å². The van der Waals surface area contributed by atoms with E-state index in [0.717, 1.165) is 14.5 Å². The van der Waals surface area contributed by atoms with Crippen molar-refractivity contribution < 1.29 is 19.1 Å². The molecule has 0 fully saturated rings. The maximum atomic E-state index is 12.4. The first-order chi connectivity index (χ1) is 14.9. The highest BCUT2D eigenvalue weighted by Crippen LogP contribution is 2.23. The fourth-order valence-corrected chi connectivity index (χ4v) is 3.09. The van der Waals surface area contributed by atoms with Gasteiger partial charge in [0, 0.05) is 14.5 Å². The summed E-state index contributed by atoms with van der Waals surface area (Å²) in [4.78, 5) is 24.4. The molecule has 3 aromatic carbocycles. The number of hydrazone groups is 1. The standard InChI is InChI=1S/C23H18Br2N2O4/c1-15-2-9-20(10-3-15)30-14-22(28)27-26-13-17-12-19(25)8-11-21(17)31-23(29)16-4-6-18(24)7-5-16/h2-13H,14H2,1H3,(H,27,28). The summed E-state index contributed by atoms with van der Waals surface area (Å²) in [5, 5.41) is 3.94. The van der Waals surface area contributed by atoms with E-state index in [1.54, 1.807) is 54.6 Å². The molecular formula is C23H18Br2N2O4. The van der Waals surface area contributed by atoms with Crippen LogP contribution in [0.3, 0.4) is 0 Å². The molecule has 1 amide bonds. The molecule has 3 aromatic rings. The Hall–Kier alpha value is -2.97. The molecule has 0 radical (unpaired) electrons. The van der Waals surface area contributed by atoms with Crippen LogP contribution in [0.4, 0.5) is 0 Å². The zero-order valence-electron chi connectivity index (χ0n) is 16.5. The highest BCUT2D eigenvalue weighted by molar-refractivity contribution is 9.10. The maximum absolute atomic E-state index is 12.4. The first-order valence-electron chi connectivity index (χ1n) is 9.19. The van der Waals surface area contributed by atoms with Gasteiger partial charge in [-0.15, -0.1) is 0 Å². The number of nitrogens with one attached hydrogen (secondary N) is 1. The van der Waals surface area contributed by atoms with Gasteiger partial charge >= 0.3 is 5.97 Å². The van der Waals surface area contributed by atoms with Gasteiger partial charge in [0.1, 0.15) is 11.5 Å². The molecule has 0 aliphatic rings. The first kappa shape index (κ1) is 22.7. The Labute approximate surface area is 196 Å². The molecule has 0 heterocycles. The van der Waals surface area contributed by atoms with E-state index in [4.69, 9.17) is 9.47 Å². The Morgan fingerprint density at radius 1 is 0.968 bits per heavy atom. The Morgan fingerprint density at radius 3 is 2.35 bits per heavy atom. The average molecular weight is 546 g/mol. The van der Waals surface area contributed by atoms with Gasteiger partial charge < -0.3 is 9.47 Å². The van der Waals surface area contributed by atoms with Gasteiger partial charge in [0.15, 0.2) is 6.61 Å². The van der Waals surface area contributed by atoms with Crippen LogP contribution in [0.25, 0.3) is 0 Å². The minimum absolute atomic E-state index is 0.176. The summed E-state index contributed by atoms with van der Waals surface area (Å²) in [7, 11) is 0. The Morgan fingerprint density at radius 2 is 1.65 bits per heavy atom. The molecular weight excluding hydrogens is 528 g/mol. The van der Waals surface area contributed by atoms with Gasteiger partial charge in [-0.05, 0) is 61.5 Å². The summed E-state index contributed by atoms with van der Waals surface area (Å²) < 4.78 is 12.5. The number of hydrogen-bond acceptors (Lipinski definition) is 5. The molecule has 0 aliphatic carbocycles. The zero-order valence-corrected chi connectivity index (χ0v) is 19.6. The molecule has 8 heteroatoms. The number of nitrogens with zero attached hydrogens (tertiary/aromatic N) is 1. The smallest absolute Gasteiger partial charge is 0.343 e. The SMILES string of the molecule is Cc1ccc(OCC(=O)NN=Cc2cc(Br)ccc2OC(=O)c2ccc(Br)cc2)cc1. The monoisotopic (exact) mass is 544 g/mol. The van der Waals surface area contributed by atoms with E-state index in [1.807, 2.05) is 19.1 Å². The fourth-order valence-electron chi connectivity index (χ4n) is 2.45. The van der Waals surface area contributed by atoms with Crippen LogP contribution in [-0.2, 0) is 4.79 Å². The summed E-state index contributed by atoms with van der Waals surface area (Å²) in [6.07, 6.45) is 1.40. The number of rotatable bonds is 7. The number of halogens is 2. The molecule has 0 aromatic heterocycles. The highest BCUT2D eigenvalue weighted by Gasteiger charge is 2.12. The van der Waals surface area contributed by atoms with Gasteiger partial charge in [-0.2, -0.15) is 5.10 Å². The lowest BCUT2D eigenvalue weighted by Gasteiger charge is -2.08. The lowest BCUT2D eigenvalue weighted by molar-refractivity contribution is -0.123. The van der Waals surface area contributed by atoms with Crippen LogP contribution in [-0.4, -0.2) is 24.7 Å². The van der Waals surface area contributed by atoms with Crippen LogP contribution in [0.5, 0.6) is 11.5 Å². The van der Waals surface area contributed by atoms with E-state index in [2.05, 4.69) is 42.4 Å². The van der Waals surface area contributed by atoms with Crippen LogP contribution in [0.1, 0.15) is 21.5 Å². The van der Waals surface area contributed by atoms with Crippen molar-refractivity contribution in [3.63, 3.8) is 0 Å². The normalized spacial score (nSPS) is 10.7. The Balaban J connectivity index is 1.61. The molecule has 0 bridgehead atoms. The Kier molecular flexibility index (Phi) is 7.97. The molecule has 1 N–H and O–H groups in total. The number of benzene rings is 3. The Bertz CT molecular complexity index is 1100. The van der Waals surface area contributed by atoms with Crippen LogP contribution in [0, 0.1) is 6.92 Å². The molecule has 0 saturated heterocycles. The molecule has 0 unspecified atom stereocenters. The summed E-state index contributed by atoms with van der Waals surface area (Å²) in [6, 6.07) is 19.3. The fraction of sp³-hybridized carbons (Fsp3) is 0.0870. The summed E-state index contributed by atoms with van der Waals surface area (Å²) in [5.74, 6) is -0.0101. The quantitative estimate of drug-likeness (QED) is 0.190. The predicted octanol–water partition coefficient (Wildman–Crippen LogP) is 5.27. The maximum Gasteiger partial charge on any atom is 0.343 e. The number of esters is 1. The summed E-state index contributed by atoms with van der Waals surface area (Å²) in [6.45, 7) is 1.79. The summed E-state index contributed by atoms with van der Waals surface area (Å²) >= 11 is 6.71. The van der Waals surface area contributed by atoms with Crippen molar-refractivity contribution in [3.05, 3.63) is 92.4 Å². The second kappa shape index (κ2) is 10.9. The van der Waals surface area contributed by atoms with Crippen molar-refractivity contribution in [1.82, 2.24) is 5.43 Å². The second-order valence-electron chi connectivity index (χ2n) is 6.47. The highest BCUT2D eigenvalue weighted by atomic mass is 79.9. The summed E-state index contributed by atoms with van der Waals surface area (Å²) in [5.41, 5.74) is 4.43. The van der Waals surface area contributed by atoms with E-state index in [9.17, 15) is 9.59 Å². The number of hydrogen-bond donors (Lipinski definition) is 1. The van der Waals surface area contributed by atoms with Crippen molar-refractivity contribution in [1.29, 1.82) is 0 Å². The third kappa shape index (κ3) is 7.04. The number of carbonyl (C=O) groups excluding carboxylic acids is 2. The van der Waals surface area contributed by atoms with Crippen LogP contribution in [0.15, 0.2) is 80.8 Å². The van der Waals surface area contributed by atoms with Crippen molar-refractivity contribution in [3.8, 4) is 11.5 Å². The average Bonchev–Trinajstić information content (AvgIpc) is 2.75. The van der Waals surface area contributed by atoms with Gasteiger partial charge in [-0.25, -0.2) is 10.2 Å². The third-order valence-electron chi connectivity index (χ3n) is 4.04. The van der Waals surface area contributed by atoms with E-state index in [-0.39, 0.29) is 6.61 Å². The van der Waals surface area contributed by atoms with E-state index < -0.39 is 11.9 Å². The number of amides is 1. The van der Waals surface area contributed by atoms with Gasteiger partial charge in [0.25, 0.3) is 5.91 Å². The third-order valence-corrected chi connectivity index (χ3v) is 5.06. The van der Waals surface area contributed by atoms with Crippen LogP contribution in [0.2, 0.25) is 0 Å². The van der Waals surface area contributed by atoms with Gasteiger partial charge in [0.2, 0.25) is 0 Å². The number of ether oxygens (including phenoxy) is 2. The molecule has 158 valence electrons. The zero-order chi connectivity index (χ0) is 22.2. The van der Waals surface area contributed by atoms with Crippen molar-refractivity contribution in [2.75, 3.05) is 6.61 Å². The van der Waals surface area contributed by atoms with Gasteiger partial charge in [-0.1, -0.05) is 49.6 Å². The van der Waals surface area contributed by atoms with Crippen LogP contribution < -0.4 is 14.9 Å². The van der Waals surface area contributed by atoms with E-state index in [1.165, 1.54) is 6.21 Å². The molecule has 0 aliphatic heterocycles.